The predicted octanol–water partition coefficient (Wildman–Crippen LogP) is 1.96. The topological polar surface area (TPSA) is 66.3 Å². The minimum absolute atomic E-state index is 0.152. The lowest BCUT2D eigenvalue weighted by Crippen LogP contribution is -2.34. The Kier molecular flexibility index (Phi) is 4.04. The van der Waals surface area contributed by atoms with E-state index in [0.717, 1.165) is 0 Å². The highest BCUT2D eigenvalue weighted by molar-refractivity contribution is 5.88. The van der Waals surface area contributed by atoms with Gasteiger partial charge in [0.25, 0.3) is 0 Å². The van der Waals surface area contributed by atoms with E-state index in [2.05, 4.69) is 30.7 Å². The SMILES string of the molecule is Cc1nc(N(C)C(C)C(C)C)ncc1C(=O)O. The summed E-state index contributed by atoms with van der Waals surface area (Å²) in [5.74, 6) is 0.0466. The van der Waals surface area contributed by atoms with Crippen LogP contribution < -0.4 is 4.90 Å². The summed E-state index contributed by atoms with van der Waals surface area (Å²) in [5.41, 5.74) is 0.643. The third-order valence-electron chi connectivity index (χ3n) is 3.09. The van der Waals surface area contributed by atoms with Gasteiger partial charge in [-0.1, -0.05) is 13.8 Å². The van der Waals surface area contributed by atoms with Gasteiger partial charge in [0.05, 0.1) is 11.3 Å². The van der Waals surface area contributed by atoms with Gasteiger partial charge in [-0.2, -0.15) is 0 Å². The molecular weight excluding hydrogens is 218 g/mol. The van der Waals surface area contributed by atoms with Gasteiger partial charge in [0.15, 0.2) is 0 Å². The molecule has 1 heterocycles. The van der Waals surface area contributed by atoms with Crippen molar-refractivity contribution in [1.29, 1.82) is 0 Å². The highest BCUT2D eigenvalue weighted by Gasteiger charge is 2.17. The Morgan fingerprint density at radius 2 is 2.00 bits per heavy atom. The lowest BCUT2D eigenvalue weighted by atomic mass is 10.1. The van der Waals surface area contributed by atoms with Gasteiger partial charge in [0.1, 0.15) is 0 Å². The zero-order valence-corrected chi connectivity index (χ0v) is 10.9. The Balaban J connectivity index is 3.01. The fourth-order valence-corrected chi connectivity index (χ4v) is 1.46. The number of hydrogen-bond donors (Lipinski definition) is 1. The molecule has 94 valence electrons. The van der Waals surface area contributed by atoms with Crippen LogP contribution in [0, 0.1) is 12.8 Å². The van der Waals surface area contributed by atoms with Crippen LogP contribution in [0.2, 0.25) is 0 Å². The van der Waals surface area contributed by atoms with Gasteiger partial charge in [-0.25, -0.2) is 14.8 Å². The van der Waals surface area contributed by atoms with Crippen molar-refractivity contribution in [3.63, 3.8) is 0 Å². The van der Waals surface area contributed by atoms with Gasteiger partial charge in [-0.15, -0.1) is 0 Å². The molecule has 0 saturated carbocycles. The van der Waals surface area contributed by atoms with E-state index in [1.807, 2.05) is 11.9 Å². The molecule has 0 fully saturated rings. The summed E-state index contributed by atoms with van der Waals surface area (Å²) in [6, 6.07) is 0.296. The van der Waals surface area contributed by atoms with E-state index in [-0.39, 0.29) is 5.56 Å². The van der Waals surface area contributed by atoms with Crippen LogP contribution >= 0.6 is 0 Å². The zero-order valence-electron chi connectivity index (χ0n) is 10.9. The summed E-state index contributed by atoms with van der Waals surface area (Å²) in [7, 11) is 1.92. The van der Waals surface area contributed by atoms with E-state index in [4.69, 9.17) is 5.11 Å². The Morgan fingerprint density at radius 1 is 1.41 bits per heavy atom. The van der Waals surface area contributed by atoms with Crippen molar-refractivity contribution in [2.24, 2.45) is 5.92 Å². The minimum atomic E-state index is -0.992. The van der Waals surface area contributed by atoms with Crippen molar-refractivity contribution in [3.8, 4) is 0 Å². The number of carboxylic acids is 1. The number of aromatic carboxylic acids is 1. The Hall–Kier alpha value is -1.65. The van der Waals surface area contributed by atoms with Crippen molar-refractivity contribution in [1.82, 2.24) is 9.97 Å². The quantitative estimate of drug-likeness (QED) is 0.867. The average Bonchev–Trinajstić information content (AvgIpc) is 2.26. The Morgan fingerprint density at radius 3 is 2.41 bits per heavy atom. The molecule has 1 aromatic heterocycles. The number of nitrogens with zero attached hydrogens (tertiary/aromatic N) is 3. The van der Waals surface area contributed by atoms with Crippen molar-refractivity contribution in [3.05, 3.63) is 17.5 Å². The number of carboxylic acid groups (broad SMARTS) is 1. The summed E-state index contributed by atoms with van der Waals surface area (Å²) < 4.78 is 0. The zero-order chi connectivity index (χ0) is 13.2. The lowest BCUT2D eigenvalue weighted by molar-refractivity contribution is 0.0695. The minimum Gasteiger partial charge on any atom is -0.478 e. The van der Waals surface area contributed by atoms with Gasteiger partial charge >= 0.3 is 5.97 Å². The largest absolute Gasteiger partial charge is 0.478 e. The molecule has 5 heteroatoms. The molecule has 0 aliphatic heterocycles. The summed E-state index contributed by atoms with van der Waals surface area (Å²) >= 11 is 0. The molecule has 0 amide bonds. The van der Waals surface area contributed by atoms with Gasteiger partial charge in [-0.3, -0.25) is 0 Å². The smallest absolute Gasteiger partial charge is 0.339 e. The van der Waals surface area contributed by atoms with Crippen LogP contribution in [0.3, 0.4) is 0 Å². The summed E-state index contributed by atoms with van der Waals surface area (Å²) in [6.45, 7) is 8.02. The van der Waals surface area contributed by atoms with Crippen molar-refractivity contribution in [2.45, 2.75) is 33.7 Å². The lowest BCUT2D eigenvalue weighted by Gasteiger charge is -2.28. The first-order valence-electron chi connectivity index (χ1n) is 5.64. The second-order valence-corrected chi connectivity index (χ2v) is 4.57. The maximum absolute atomic E-state index is 10.9. The maximum atomic E-state index is 10.9. The molecule has 0 aliphatic rings. The number of aromatic nitrogens is 2. The molecule has 0 saturated heterocycles. The summed E-state index contributed by atoms with van der Waals surface area (Å²) in [4.78, 5) is 21.1. The Bertz CT molecular complexity index is 418. The second kappa shape index (κ2) is 5.12. The molecule has 17 heavy (non-hydrogen) atoms. The highest BCUT2D eigenvalue weighted by Crippen LogP contribution is 2.16. The second-order valence-electron chi connectivity index (χ2n) is 4.57. The molecule has 1 aromatic rings. The van der Waals surface area contributed by atoms with Gasteiger partial charge in [0, 0.05) is 19.3 Å². The first-order valence-corrected chi connectivity index (χ1v) is 5.64. The van der Waals surface area contributed by atoms with E-state index >= 15 is 0 Å². The molecule has 1 rings (SSSR count). The number of rotatable bonds is 4. The third kappa shape index (κ3) is 2.93. The van der Waals surface area contributed by atoms with Crippen LogP contribution in [0.15, 0.2) is 6.20 Å². The molecular formula is C12H19N3O2. The molecule has 0 spiro atoms. The first-order chi connectivity index (χ1) is 7.84. The fourth-order valence-electron chi connectivity index (χ4n) is 1.46. The number of hydrogen-bond acceptors (Lipinski definition) is 4. The van der Waals surface area contributed by atoms with Crippen LogP contribution in [0.5, 0.6) is 0 Å². The van der Waals surface area contributed by atoms with Crippen LogP contribution in [0.4, 0.5) is 5.95 Å². The van der Waals surface area contributed by atoms with Crippen LogP contribution in [-0.2, 0) is 0 Å². The van der Waals surface area contributed by atoms with Crippen LogP contribution in [0.1, 0.15) is 36.8 Å². The van der Waals surface area contributed by atoms with Gasteiger partial charge in [-0.05, 0) is 19.8 Å². The Labute approximate surface area is 102 Å². The molecule has 5 nitrogen and oxygen atoms in total. The standard InChI is InChI=1S/C12H19N3O2/c1-7(2)9(4)15(5)12-13-6-10(11(16)17)8(3)14-12/h6-7,9H,1-5H3,(H,16,17). The molecule has 0 bridgehead atoms. The van der Waals surface area contributed by atoms with E-state index in [0.29, 0.717) is 23.6 Å². The third-order valence-corrected chi connectivity index (χ3v) is 3.09. The van der Waals surface area contributed by atoms with Crippen molar-refractivity contribution in [2.75, 3.05) is 11.9 Å². The maximum Gasteiger partial charge on any atom is 0.339 e. The van der Waals surface area contributed by atoms with E-state index in [9.17, 15) is 4.79 Å². The van der Waals surface area contributed by atoms with Gasteiger partial charge < -0.3 is 10.0 Å². The number of carbonyl (C=O) groups is 1. The van der Waals surface area contributed by atoms with Crippen molar-refractivity contribution >= 4 is 11.9 Å². The molecule has 0 radical (unpaired) electrons. The normalized spacial score (nSPS) is 12.6. The molecule has 0 aromatic carbocycles. The summed E-state index contributed by atoms with van der Waals surface area (Å²) in [5, 5.41) is 8.90. The van der Waals surface area contributed by atoms with E-state index < -0.39 is 5.97 Å². The molecule has 1 unspecified atom stereocenters. The average molecular weight is 237 g/mol. The monoisotopic (exact) mass is 237 g/mol. The number of aryl methyl sites for hydroxylation is 1. The molecule has 1 atom stereocenters. The predicted molar refractivity (Wildman–Crippen MR) is 66.4 cm³/mol. The highest BCUT2D eigenvalue weighted by atomic mass is 16.4. The summed E-state index contributed by atoms with van der Waals surface area (Å²) in [6.07, 6.45) is 1.36. The number of anilines is 1. The van der Waals surface area contributed by atoms with Crippen LogP contribution in [-0.4, -0.2) is 34.1 Å². The fraction of sp³-hybridized carbons (Fsp3) is 0.583. The van der Waals surface area contributed by atoms with E-state index in [1.54, 1.807) is 6.92 Å². The van der Waals surface area contributed by atoms with Crippen molar-refractivity contribution < 1.29 is 9.90 Å². The first kappa shape index (κ1) is 13.4. The molecule has 0 aliphatic carbocycles. The molecule has 1 N–H and O–H groups in total. The van der Waals surface area contributed by atoms with E-state index in [1.165, 1.54) is 6.20 Å². The van der Waals surface area contributed by atoms with Gasteiger partial charge in [0.2, 0.25) is 5.95 Å². The van der Waals surface area contributed by atoms with Crippen LogP contribution in [0.25, 0.3) is 0 Å².